The Bertz CT molecular complexity index is 902. The number of hydrogen-bond donors (Lipinski definition) is 1. The zero-order valence-electron chi connectivity index (χ0n) is 13.7. The molecule has 1 N–H and O–H groups in total. The van der Waals surface area contributed by atoms with E-state index in [1.165, 1.54) is 6.20 Å². The minimum absolute atomic E-state index is 0.0983. The molecule has 1 aliphatic rings. The highest BCUT2D eigenvalue weighted by atomic mass is 32.2. The number of para-hydroxylation sites is 1. The third-order valence-electron chi connectivity index (χ3n) is 4.21. The molecule has 0 amide bonds. The summed E-state index contributed by atoms with van der Waals surface area (Å²) in [6.45, 7) is 4.44. The van der Waals surface area contributed by atoms with Crippen LogP contribution in [0.2, 0.25) is 0 Å². The fraction of sp³-hybridized carbons (Fsp3) is 0.353. The van der Waals surface area contributed by atoms with E-state index in [2.05, 4.69) is 20.1 Å². The molecule has 130 valence electrons. The average Bonchev–Trinajstić information content (AvgIpc) is 3.12. The molecule has 1 aliphatic heterocycles. The monoisotopic (exact) mass is 357 g/mol. The van der Waals surface area contributed by atoms with Crippen molar-refractivity contribution in [3.63, 3.8) is 0 Å². The van der Waals surface area contributed by atoms with E-state index < -0.39 is 0 Å². The maximum atomic E-state index is 12.9. The molecule has 0 saturated carbocycles. The Labute approximate surface area is 149 Å². The Balaban J connectivity index is 1.63. The van der Waals surface area contributed by atoms with Crippen molar-refractivity contribution in [1.29, 1.82) is 0 Å². The van der Waals surface area contributed by atoms with Crippen LogP contribution in [0, 0.1) is 0 Å². The zero-order valence-corrected chi connectivity index (χ0v) is 14.5. The molecule has 0 bridgehead atoms. The Morgan fingerprint density at radius 1 is 1.20 bits per heavy atom. The lowest BCUT2D eigenvalue weighted by atomic mass is 10.3. The second kappa shape index (κ2) is 7.38. The number of thioether (sulfide) groups is 1. The van der Waals surface area contributed by atoms with Crippen LogP contribution < -0.4 is 5.56 Å². The van der Waals surface area contributed by atoms with E-state index in [-0.39, 0.29) is 5.56 Å². The van der Waals surface area contributed by atoms with Crippen LogP contribution in [-0.4, -0.2) is 63.2 Å². The molecule has 7 nitrogen and oxygen atoms in total. The summed E-state index contributed by atoms with van der Waals surface area (Å²) in [4.78, 5) is 19.9. The Morgan fingerprint density at radius 3 is 2.80 bits per heavy atom. The summed E-state index contributed by atoms with van der Waals surface area (Å²) >= 11 is 1.59. The van der Waals surface area contributed by atoms with Gasteiger partial charge in [0, 0.05) is 25.4 Å². The van der Waals surface area contributed by atoms with Gasteiger partial charge in [0.1, 0.15) is 5.39 Å². The van der Waals surface area contributed by atoms with Crippen molar-refractivity contribution in [2.24, 2.45) is 0 Å². The van der Waals surface area contributed by atoms with Crippen molar-refractivity contribution in [2.45, 2.75) is 5.16 Å². The van der Waals surface area contributed by atoms with Gasteiger partial charge >= 0.3 is 0 Å². The van der Waals surface area contributed by atoms with E-state index in [1.807, 2.05) is 30.3 Å². The maximum absolute atomic E-state index is 12.9. The lowest BCUT2D eigenvalue weighted by Gasteiger charge is -2.26. The Kier molecular flexibility index (Phi) is 4.82. The normalized spacial score (nSPS) is 15.7. The van der Waals surface area contributed by atoms with Crippen LogP contribution in [0.3, 0.4) is 0 Å². The summed E-state index contributed by atoms with van der Waals surface area (Å²) in [6.07, 6.45) is 1.53. The van der Waals surface area contributed by atoms with Crippen LogP contribution in [0.25, 0.3) is 16.7 Å². The van der Waals surface area contributed by atoms with Gasteiger partial charge in [0.2, 0.25) is 0 Å². The number of fused-ring (bicyclic) bond motifs is 1. The zero-order chi connectivity index (χ0) is 17.1. The number of rotatable bonds is 5. The molecule has 0 atom stereocenters. The topological polar surface area (TPSA) is 76.0 Å². The molecule has 1 saturated heterocycles. The molecule has 3 aromatic rings. The van der Waals surface area contributed by atoms with Gasteiger partial charge in [-0.3, -0.25) is 19.4 Å². The van der Waals surface area contributed by atoms with Crippen molar-refractivity contribution in [3.8, 4) is 5.69 Å². The number of nitrogens with zero attached hydrogens (tertiary/aromatic N) is 4. The van der Waals surface area contributed by atoms with E-state index in [9.17, 15) is 4.79 Å². The molecule has 0 unspecified atom stereocenters. The van der Waals surface area contributed by atoms with E-state index in [0.29, 0.717) is 16.2 Å². The SMILES string of the molecule is O=c1c2cn[nH]c2nc(SCCN2CCOCC2)n1-c1ccccc1. The van der Waals surface area contributed by atoms with Gasteiger partial charge in [-0.15, -0.1) is 0 Å². The van der Waals surface area contributed by atoms with Gasteiger partial charge in [-0.2, -0.15) is 5.10 Å². The van der Waals surface area contributed by atoms with Crippen molar-refractivity contribution in [1.82, 2.24) is 24.6 Å². The summed E-state index contributed by atoms with van der Waals surface area (Å²) in [7, 11) is 0. The van der Waals surface area contributed by atoms with Crippen molar-refractivity contribution >= 4 is 22.8 Å². The van der Waals surface area contributed by atoms with Gasteiger partial charge in [0.05, 0.1) is 25.1 Å². The summed E-state index contributed by atoms with van der Waals surface area (Å²) in [6, 6.07) is 9.61. The van der Waals surface area contributed by atoms with Crippen LogP contribution in [-0.2, 0) is 4.74 Å². The number of benzene rings is 1. The largest absolute Gasteiger partial charge is 0.379 e. The van der Waals surface area contributed by atoms with E-state index in [4.69, 9.17) is 4.74 Å². The van der Waals surface area contributed by atoms with E-state index in [1.54, 1.807) is 16.3 Å². The number of ether oxygens (including phenoxy) is 1. The quantitative estimate of drug-likeness (QED) is 0.551. The predicted molar refractivity (Wildman–Crippen MR) is 97.5 cm³/mol. The van der Waals surface area contributed by atoms with Crippen LogP contribution >= 0.6 is 11.8 Å². The fourth-order valence-corrected chi connectivity index (χ4v) is 3.87. The maximum Gasteiger partial charge on any atom is 0.269 e. The van der Waals surface area contributed by atoms with Crippen molar-refractivity contribution in [2.75, 3.05) is 38.6 Å². The Hall–Kier alpha value is -2.16. The predicted octanol–water partition coefficient (Wildman–Crippen LogP) is 1.53. The third-order valence-corrected chi connectivity index (χ3v) is 5.13. The number of morpholine rings is 1. The highest BCUT2D eigenvalue weighted by Crippen LogP contribution is 2.20. The smallest absolute Gasteiger partial charge is 0.269 e. The minimum atomic E-state index is -0.0983. The summed E-state index contributed by atoms with van der Waals surface area (Å²) in [5.41, 5.74) is 1.25. The lowest BCUT2D eigenvalue weighted by molar-refractivity contribution is 0.0410. The molecule has 25 heavy (non-hydrogen) atoms. The molecular weight excluding hydrogens is 338 g/mol. The summed E-state index contributed by atoms with van der Waals surface area (Å²) in [5, 5.41) is 7.95. The van der Waals surface area contributed by atoms with Crippen LogP contribution in [0.4, 0.5) is 0 Å². The summed E-state index contributed by atoms with van der Waals surface area (Å²) < 4.78 is 7.05. The molecule has 2 aromatic heterocycles. The molecule has 8 heteroatoms. The molecule has 0 aliphatic carbocycles. The van der Waals surface area contributed by atoms with Gasteiger partial charge in [0.15, 0.2) is 10.8 Å². The summed E-state index contributed by atoms with van der Waals surface area (Å²) in [5.74, 6) is 0.860. The number of nitrogens with one attached hydrogen (secondary N) is 1. The van der Waals surface area contributed by atoms with Gasteiger partial charge < -0.3 is 4.74 Å². The molecule has 0 radical (unpaired) electrons. The Morgan fingerprint density at radius 2 is 2.00 bits per heavy atom. The second-order valence-electron chi connectivity index (χ2n) is 5.81. The van der Waals surface area contributed by atoms with Crippen molar-refractivity contribution < 1.29 is 4.74 Å². The third kappa shape index (κ3) is 3.46. The first-order valence-electron chi connectivity index (χ1n) is 8.27. The first-order valence-corrected chi connectivity index (χ1v) is 9.26. The van der Waals surface area contributed by atoms with Gasteiger partial charge in [-0.25, -0.2) is 4.98 Å². The minimum Gasteiger partial charge on any atom is -0.379 e. The van der Waals surface area contributed by atoms with Crippen LogP contribution in [0.5, 0.6) is 0 Å². The number of aromatic amines is 1. The highest BCUT2D eigenvalue weighted by molar-refractivity contribution is 7.99. The second-order valence-corrected chi connectivity index (χ2v) is 6.87. The lowest BCUT2D eigenvalue weighted by Crippen LogP contribution is -2.37. The van der Waals surface area contributed by atoms with Crippen molar-refractivity contribution in [3.05, 3.63) is 46.9 Å². The van der Waals surface area contributed by atoms with Gasteiger partial charge in [0.25, 0.3) is 5.56 Å². The average molecular weight is 357 g/mol. The highest BCUT2D eigenvalue weighted by Gasteiger charge is 2.15. The first-order chi connectivity index (χ1) is 12.3. The number of hydrogen-bond acceptors (Lipinski definition) is 6. The fourth-order valence-electron chi connectivity index (χ4n) is 2.87. The van der Waals surface area contributed by atoms with E-state index in [0.717, 1.165) is 44.3 Å². The first kappa shape index (κ1) is 16.3. The van der Waals surface area contributed by atoms with Gasteiger partial charge in [-0.1, -0.05) is 30.0 Å². The van der Waals surface area contributed by atoms with Crippen LogP contribution in [0.1, 0.15) is 0 Å². The molecule has 1 fully saturated rings. The van der Waals surface area contributed by atoms with Crippen LogP contribution in [0.15, 0.2) is 46.5 Å². The molecule has 3 heterocycles. The molecule has 4 rings (SSSR count). The van der Waals surface area contributed by atoms with Gasteiger partial charge in [-0.05, 0) is 12.1 Å². The number of aromatic nitrogens is 4. The molecule has 0 spiro atoms. The molecular formula is C17H19N5O2S. The van der Waals surface area contributed by atoms with E-state index >= 15 is 0 Å². The molecule has 1 aromatic carbocycles. The standard InChI is InChI=1S/C17H19N5O2S/c23-16-14-12-18-20-15(14)19-17(22(16)13-4-2-1-3-5-13)25-11-8-21-6-9-24-10-7-21/h1-5,12H,6-11H2,(H,18,20). The number of H-pyrrole nitrogens is 1.